The van der Waals surface area contributed by atoms with Gasteiger partial charge >= 0.3 is 23.9 Å². The first-order chi connectivity index (χ1) is 21.3. The van der Waals surface area contributed by atoms with Gasteiger partial charge in [0.05, 0.1) is 36.9 Å². The van der Waals surface area contributed by atoms with Gasteiger partial charge < -0.3 is 19.7 Å². The Balaban J connectivity index is 2.39. The minimum atomic E-state index is -1.24. The maximum absolute atomic E-state index is 12.9. The number of ether oxygens (including phenoxy) is 2. The number of esters is 2. The molecule has 1 rings (SSSR count). The third kappa shape index (κ3) is 18.0. The first-order valence-electron chi connectivity index (χ1n) is 18.1. The van der Waals surface area contributed by atoms with Crippen molar-refractivity contribution >= 4 is 23.9 Å². The van der Waals surface area contributed by atoms with E-state index in [0.29, 0.717) is 12.8 Å². The fraction of sp³-hybridized carbons (Fsp3) is 0.889. The van der Waals surface area contributed by atoms with E-state index in [1.807, 2.05) is 0 Å². The van der Waals surface area contributed by atoms with Crippen molar-refractivity contribution in [2.24, 2.45) is 23.7 Å². The van der Waals surface area contributed by atoms with E-state index in [1.165, 1.54) is 89.9 Å². The molecule has 0 spiro atoms. The molecule has 0 bridgehead atoms. The molecule has 0 aromatic heterocycles. The van der Waals surface area contributed by atoms with Crippen LogP contribution in [0.1, 0.15) is 168 Å². The Morgan fingerprint density at radius 2 is 0.682 bits per heavy atom. The summed E-state index contributed by atoms with van der Waals surface area (Å²) in [6.45, 7) is 4.85. The lowest BCUT2D eigenvalue weighted by molar-refractivity contribution is -0.172. The van der Waals surface area contributed by atoms with Gasteiger partial charge in [0.15, 0.2) is 0 Å². The number of unbranched alkanes of at least 4 members (excludes halogenated alkanes) is 20. The minimum Gasteiger partial charge on any atom is -0.481 e. The van der Waals surface area contributed by atoms with E-state index in [1.54, 1.807) is 0 Å². The summed E-state index contributed by atoms with van der Waals surface area (Å²) in [5.41, 5.74) is 0. The van der Waals surface area contributed by atoms with Gasteiger partial charge in [-0.15, -0.1) is 0 Å². The average Bonchev–Trinajstić information content (AvgIpc) is 3.01. The Morgan fingerprint density at radius 3 is 0.955 bits per heavy atom. The first kappa shape index (κ1) is 39.9. The maximum atomic E-state index is 12.9. The largest absolute Gasteiger partial charge is 0.481 e. The molecule has 0 radical (unpaired) electrons. The molecule has 8 heteroatoms. The molecular weight excluding hydrogens is 560 g/mol. The number of aliphatic carboxylic acids is 2. The van der Waals surface area contributed by atoms with Crippen LogP contribution in [0.15, 0.2) is 0 Å². The highest BCUT2D eigenvalue weighted by molar-refractivity contribution is 5.86. The molecule has 256 valence electrons. The Kier molecular flexibility index (Phi) is 23.7. The van der Waals surface area contributed by atoms with Gasteiger partial charge in [0, 0.05) is 0 Å². The fourth-order valence-electron chi connectivity index (χ4n) is 6.36. The molecule has 2 N–H and O–H groups in total. The summed E-state index contributed by atoms with van der Waals surface area (Å²) in [7, 11) is 0. The van der Waals surface area contributed by atoms with Crippen LogP contribution >= 0.6 is 0 Å². The van der Waals surface area contributed by atoms with E-state index in [0.717, 1.165) is 38.5 Å². The van der Waals surface area contributed by atoms with E-state index < -0.39 is 47.5 Å². The molecule has 1 fully saturated rings. The number of hydrogen-bond donors (Lipinski definition) is 2. The van der Waals surface area contributed by atoms with Gasteiger partial charge in [0.2, 0.25) is 0 Å². The molecule has 0 amide bonds. The maximum Gasteiger partial charge on any atom is 0.309 e. The average molecular weight is 625 g/mol. The van der Waals surface area contributed by atoms with Gasteiger partial charge in [0.1, 0.15) is 0 Å². The molecule has 1 saturated carbocycles. The normalized spacial score (nSPS) is 19.9. The van der Waals surface area contributed by atoms with Crippen LogP contribution in [-0.2, 0) is 28.7 Å². The second-order valence-electron chi connectivity index (χ2n) is 13.0. The number of hydrogen-bond acceptors (Lipinski definition) is 6. The highest BCUT2D eigenvalue weighted by Gasteiger charge is 2.50. The predicted molar refractivity (Wildman–Crippen MR) is 173 cm³/mol. The van der Waals surface area contributed by atoms with Crippen molar-refractivity contribution in [2.75, 3.05) is 13.2 Å². The first-order valence-corrected chi connectivity index (χ1v) is 18.1. The molecular formula is C36H64O8. The van der Waals surface area contributed by atoms with E-state index in [2.05, 4.69) is 13.8 Å². The molecule has 4 unspecified atom stereocenters. The summed E-state index contributed by atoms with van der Waals surface area (Å²) in [6.07, 6.45) is 25.2. The third-order valence-corrected chi connectivity index (χ3v) is 9.21. The zero-order valence-corrected chi connectivity index (χ0v) is 28.0. The second kappa shape index (κ2) is 26.1. The van der Waals surface area contributed by atoms with Crippen molar-refractivity contribution in [2.45, 2.75) is 168 Å². The minimum absolute atomic E-state index is 0.178. The van der Waals surface area contributed by atoms with Crippen LogP contribution in [0.2, 0.25) is 0 Å². The molecule has 1 aliphatic rings. The topological polar surface area (TPSA) is 127 Å². The van der Waals surface area contributed by atoms with Crippen molar-refractivity contribution in [1.29, 1.82) is 0 Å². The Labute approximate surface area is 267 Å². The van der Waals surface area contributed by atoms with Gasteiger partial charge in [-0.1, -0.05) is 142 Å². The molecule has 1 aliphatic carbocycles. The van der Waals surface area contributed by atoms with Crippen LogP contribution in [0.3, 0.4) is 0 Å². The van der Waals surface area contributed by atoms with Crippen molar-refractivity contribution in [3.63, 3.8) is 0 Å². The summed E-state index contributed by atoms with van der Waals surface area (Å²) in [6, 6.07) is 0. The van der Waals surface area contributed by atoms with Gasteiger partial charge in [-0.25, -0.2) is 0 Å². The van der Waals surface area contributed by atoms with Gasteiger partial charge in [-0.2, -0.15) is 0 Å². The summed E-state index contributed by atoms with van der Waals surface area (Å²) in [5.74, 6) is -8.30. The van der Waals surface area contributed by atoms with E-state index in [9.17, 15) is 29.4 Å². The van der Waals surface area contributed by atoms with Crippen LogP contribution < -0.4 is 0 Å². The number of rotatable bonds is 28. The SMILES string of the molecule is CCCCCCCCCCCCCOC(=O)C1CC(C(=O)OCCCCCCCCCCCCC)C(C(=O)O)CC1C(=O)O. The van der Waals surface area contributed by atoms with Gasteiger partial charge in [-0.3, -0.25) is 19.2 Å². The molecule has 0 aromatic carbocycles. The second-order valence-corrected chi connectivity index (χ2v) is 13.0. The summed E-state index contributed by atoms with van der Waals surface area (Å²) in [4.78, 5) is 49.8. The highest BCUT2D eigenvalue weighted by atomic mass is 16.5. The zero-order chi connectivity index (χ0) is 32.4. The quantitative estimate of drug-likeness (QED) is 0.0652. The Bertz CT molecular complexity index is 720. The highest BCUT2D eigenvalue weighted by Crippen LogP contribution is 2.40. The van der Waals surface area contributed by atoms with Crippen molar-refractivity contribution in [3.05, 3.63) is 0 Å². The van der Waals surface area contributed by atoms with E-state index in [4.69, 9.17) is 9.47 Å². The Hall–Kier alpha value is -2.12. The van der Waals surface area contributed by atoms with Gasteiger partial charge in [0.25, 0.3) is 0 Å². The Morgan fingerprint density at radius 1 is 0.432 bits per heavy atom. The monoisotopic (exact) mass is 624 g/mol. The molecule has 8 nitrogen and oxygen atoms in total. The van der Waals surface area contributed by atoms with E-state index >= 15 is 0 Å². The molecule has 44 heavy (non-hydrogen) atoms. The summed E-state index contributed by atoms with van der Waals surface area (Å²) >= 11 is 0. The lowest BCUT2D eigenvalue weighted by Crippen LogP contribution is -2.45. The van der Waals surface area contributed by atoms with Crippen LogP contribution in [0.4, 0.5) is 0 Å². The number of carbonyl (C=O) groups excluding carboxylic acids is 2. The van der Waals surface area contributed by atoms with Crippen molar-refractivity contribution in [1.82, 2.24) is 0 Å². The molecule has 0 aliphatic heterocycles. The van der Waals surface area contributed by atoms with Crippen LogP contribution in [0.25, 0.3) is 0 Å². The lowest BCUT2D eigenvalue weighted by atomic mass is 9.68. The summed E-state index contributed by atoms with van der Waals surface area (Å²) in [5, 5.41) is 19.5. The zero-order valence-electron chi connectivity index (χ0n) is 28.0. The molecule has 0 saturated heterocycles. The van der Waals surface area contributed by atoms with Crippen LogP contribution in [0.5, 0.6) is 0 Å². The van der Waals surface area contributed by atoms with Crippen molar-refractivity contribution in [3.8, 4) is 0 Å². The fourth-order valence-corrected chi connectivity index (χ4v) is 6.36. The number of carbonyl (C=O) groups is 4. The lowest BCUT2D eigenvalue weighted by Gasteiger charge is -2.35. The van der Waals surface area contributed by atoms with Crippen LogP contribution in [-0.4, -0.2) is 47.3 Å². The number of carboxylic acids is 2. The predicted octanol–water partition coefficient (Wildman–Crippen LogP) is 9.12. The summed E-state index contributed by atoms with van der Waals surface area (Å²) < 4.78 is 10.9. The van der Waals surface area contributed by atoms with Crippen LogP contribution in [0, 0.1) is 23.7 Å². The smallest absolute Gasteiger partial charge is 0.309 e. The number of carboxylic acid groups (broad SMARTS) is 2. The standard InChI is InChI=1S/C36H64O8/c1-3-5-7-9-11-13-15-17-19-21-23-25-43-35(41)31-28-32(30(34(39)40)27-29(31)33(37)38)36(42)44-26-24-22-20-18-16-14-12-10-8-6-4-2/h29-32H,3-28H2,1-2H3,(H,37,38)(H,39,40). The molecule has 0 aromatic rings. The van der Waals surface area contributed by atoms with E-state index in [-0.39, 0.29) is 26.1 Å². The van der Waals surface area contributed by atoms with Crippen molar-refractivity contribution < 1.29 is 38.9 Å². The van der Waals surface area contributed by atoms with Gasteiger partial charge in [-0.05, 0) is 25.7 Å². The molecule has 0 heterocycles. The molecule has 4 atom stereocenters. The third-order valence-electron chi connectivity index (χ3n) is 9.21.